The number of carboxylic acid groups (broad SMARTS) is 1. The van der Waals surface area contributed by atoms with Gasteiger partial charge in [0.1, 0.15) is 6.10 Å². The normalized spacial score (nSPS) is 21.1. The van der Waals surface area contributed by atoms with Gasteiger partial charge in [0.25, 0.3) is 0 Å². The molecule has 0 aliphatic carbocycles. The second-order valence-electron chi connectivity index (χ2n) is 4.05. The molecule has 98 valence electrons. The van der Waals surface area contributed by atoms with Crippen LogP contribution < -0.4 is 5.32 Å². The van der Waals surface area contributed by atoms with Gasteiger partial charge >= 0.3 is 5.97 Å². The number of amides is 1. The number of carbonyl (C=O) groups excluding carboxylic acids is 1. The molecule has 1 saturated heterocycles. The first-order valence-electron chi connectivity index (χ1n) is 5.82. The van der Waals surface area contributed by atoms with Crippen LogP contribution in [0, 0.1) is 0 Å². The van der Waals surface area contributed by atoms with Crippen LogP contribution in [0.1, 0.15) is 26.2 Å². The zero-order chi connectivity index (χ0) is 12.7. The molecule has 1 aliphatic heterocycles. The van der Waals surface area contributed by atoms with E-state index in [9.17, 15) is 9.59 Å². The Kier molecular flexibility index (Phi) is 5.93. The minimum absolute atomic E-state index is 0.0792. The molecule has 1 amide bonds. The lowest BCUT2D eigenvalue weighted by Crippen LogP contribution is -2.37. The molecule has 1 fully saturated rings. The molecule has 0 bridgehead atoms. The van der Waals surface area contributed by atoms with Crippen molar-refractivity contribution in [1.82, 2.24) is 5.32 Å². The lowest BCUT2D eigenvalue weighted by molar-refractivity contribution is -0.137. The van der Waals surface area contributed by atoms with Crippen LogP contribution in [0.3, 0.4) is 0 Å². The van der Waals surface area contributed by atoms with Crippen LogP contribution in [0.5, 0.6) is 0 Å². The van der Waals surface area contributed by atoms with E-state index in [0.29, 0.717) is 6.61 Å². The van der Waals surface area contributed by atoms with E-state index in [2.05, 4.69) is 5.32 Å². The van der Waals surface area contributed by atoms with E-state index in [4.69, 9.17) is 14.6 Å². The monoisotopic (exact) mass is 245 g/mol. The molecule has 6 heteroatoms. The molecule has 1 heterocycles. The highest BCUT2D eigenvalue weighted by Gasteiger charge is 2.19. The van der Waals surface area contributed by atoms with Crippen molar-refractivity contribution < 1.29 is 24.2 Å². The van der Waals surface area contributed by atoms with Crippen molar-refractivity contribution in [3.8, 4) is 0 Å². The van der Waals surface area contributed by atoms with Crippen LogP contribution in [0.4, 0.5) is 0 Å². The number of carbonyl (C=O) groups is 2. The number of nitrogens with one attached hydrogen (secondary N) is 1. The van der Waals surface area contributed by atoms with Gasteiger partial charge in [-0.25, -0.2) is 0 Å². The molecule has 1 rings (SSSR count). The summed E-state index contributed by atoms with van der Waals surface area (Å²) in [6.45, 7) is 2.94. The third kappa shape index (κ3) is 5.65. The zero-order valence-corrected chi connectivity index (χ0v) is 9.98. The smallest absolute Gasteiger partial charge is 0.305 e. The second kappa shape index (κ2) is 7.24. The molecule has 2 N–H and O–H groups in total. The highest BCUT2D eigenvalue weighted by molar-refractivity contribution is 5.80. The summed E-state index contributed by atoms with van der Waals surface area (Å²) < 4.78 is 10.7. The second-order valence-corrected chi connectivity index (χ2v) is 4.05. The molecule has 2 unspecified atom stereocenters. The Labute approximate surface area is 100 Å². The third-order valence-corrected chi connectivity index (χ3v) is 2.56. The number of hydrogen-bond acceptors (Lipinski definition) is 4. The molecule has 0 radical (unpaired) electrons. The average Bonchev–Trinajstić information content (AvgIpc) is 2.78. The summed E-state index contributed by atoms with van der Waals surface area (Å²) in [4.78, 5) is 21.7. The van der Waals surface area contributed by atoms with Crippen LogP contribution in [0.15, 0.2) is 0 Å². The van der Waals surface area contributed by atoms with E-state index in [1.807, 2.05) is 0 Å². The quantitative estimate of drug-likeness (QED) is 0.667. The van der Waals surface area contributed by atoms with Crippen LogP contribution >= 0.6 is 0 Å². The first-order chi connectivity index (χ1) is 8.09. The highest BCUT2D eigenvalue weighted by Crippen LogP contribution is 2.12. The Morgan fingerprint density at radius 1 is 1.59 bits per heavy atom. The van der Waals surface area contributed by atoms with Gasteiger partial charge in [-0.1, -0.05) is 0 Å². The molecule has 6 nitrogen and oxygen atoms in total. The minimum atomic E-state index is -0.932. The predicted octanol–water partition coefficient (Wildman–Crippen LogP) is 0.161. The predicted molar refractivity (Wildman–Crippen MR) is 59.7 cm³/mol. The fourth-order valence-corrected chi connectivity index (χ4v) is 1.54. The van der Waals surface area contributed by atoms with Crippen molar-refractivity contribution in [3.63, 3.8) is 0 Å². The van der Waals surface area contributed by atoms with Crippen molar-refractivity contribution in [2.45, 2.75) is 38.4 Å². The van der Waals surface area contributed by atoms with Crippen molar-refractivity contribution in [2.75, 3.05) is 19.8 Å². The molecular formula is C11H19NO5. The average molecular weight is 245 g/mol. The number of hydrogen-bond donors (Lipinski definition) is 2. The molecule has 0 aromatic carbocycles. The topological polar surface area (TPSA) is 84.9 Å². The van der Waals surface area contributed by atoms with Gasteiger partial charge in [0, 0.05) is 13.2 Å². The van der Waals surface area contributed by atoms with Crippen molar-refractivity contribution >= 4 is 11.9 Å². The zero-order valence-electron chi connectivity index (χ0n) is 9.98. The van der Waals surface area contributed by atoms with Crippen molar-refractivity contribution in [1.29, 1.82) is 0 Å². The number of ether oxygens (including phenoxy) is 2. The van der Waals surface area contributed by atoms with Crippen LogP contribution in [-0.2, 0) is 19.1 Å². The highest BCUT2D eigenvalue weighted by atomic mass is 16.5. The van der Waals surface area contributed by atoms with Gasteiger partial charge in [-0.05, 0) is 19.8 Å². The van der Waals surface area contributed by atoms with E-state index < -0.39 is 12.1 Å². The van der Waals surface area contributed by atoms with Crippen LogP contribution in [0.2, 0.25) is 0 Å². The lowest BCUT2D eigenvalue weighted by Gasteiger charge is -2.15. The summed E-state index contributed by atoms with van der Waals surface area (Å²) in [5.41, 5.74) is 0. The van der Waals surface area contributed by atoms with E-state index in [0.717, 1.165) is 19.4 Å². The molecule has 17 heavy (non-hydrogen) atoms. The van der Waals surface area contributed by atoms with Gasteiger partial charge in [-0.2, -0.15) is 0 Å². The third-order valence-electron chi connectivity index (χ3n) is 2.56. The molecule has 0 saturated carbocycles. The van der Waals surface area contributed by atoms with Crippen LogP contribution in [0.25, 0.3) is 0 Å². The maximum Gasteiger partial charge on any atom is 0.305 e. The summed E-state index contributed by atoms with van der Waals surface area (Å²) in [7, 11) is 0. The van der Waals surface area contributed by atoms with Gasteiger partial charge in [0.15, 0.2) is 0 Å². The molecular weight excluding hydrogens is 226 g/mol. The number of rotatable bonds is 7. The standard InChI is InChI=1S/C11H19NO5/c1-8(11(15)12-5-4-10(13)14)17-7-9-3-2-6-16-9/h8-9H,2-7H2,1H3,(H,12,15)(H,13,14). The van der Waals surface area contributed by atoms with Crippen molar-refractivity contribution in [2.24, 2.45) is 0 Å². The molecule has 0 aromatic heterocycles. The Bertz CT molecular complexity index is 263. The number of carboxylic acids is 1. The first-order valence-corrected chi connectivity index (χ1v) is 5.82. The van der Waals surface area contributed by atoms with Gasteiger partial charge < -0.3 is 19.9 Å². The SMILES string of the molecule is CC(OCC1CCCO1)C(=O)NCCC(=O)O. The van der Waals surface area contributed by atoms with E-state index >= 15 is 0 Å². The summed E-state index contributed by atoms with van der Waals surface area (Å²) >= 11 is 0. The Morgan fingerprint density at radius 2 is 2.35 bits per heavy atom. The molecule has 0 spiro atoms. The molecule has 2 atom stereocenters. The van der Waals surface area contributed by atoms with Gasteiger partial charge in [0.05, 0.1) is 19.1 Å². The van der Waals surface area contributed by atoms with E-state index in [1.165, 1.54) is 0 Å². The first kappa shape index (κ1) is 13.9. The van der Waals surface area contributed by atoms with E-state index in [1.54, 1.807) is 6.92 Å². The van der Waals surface area contributed by atoms with Gasteiger partial charge in [0.2, 0.25) is 5.91 Å². The fraction of sp³-hybridized carbons (Fsp3) is 0.818. The van der Waals surface area contributed by atoms with Crippen LogP contribution in [-0.4, -0.2) is 48.9 Å². The van der Waals surface area contributed by atoms with Crippen molar-refractivity contribution in [3.05, 3.63) is 0 Å². The summed E-state index contributed by atoms with van der Waals surface area (Å²) in [6, 6.07) is 0. The summed E-state index contributed by atoms with van der Waals surface area (Å²) in [5, 5.41) is 10.9. The Morgan fingerprint density at radius 3 is 2.94 bits per heavy atom. The molecule has 0 aromatic rings. The van der Waals surface area contributed by atoms with Gasteiger partial charge in [-0.15, -0.1) is 0 Å². The summed E-state index contributed by atoms with van der Waals surface area (Å²) in [6.07, 6.45) is 1.43. The minimum Gasteiger partial charge on any atom is -0.481 e. The lowest BCUT2D eigenvalue weighted by atomic mass is 10.2. The Balaban J connectivity index is 2.10. The largest absolute Gasteiger partial charge is 0.481 e. The maximum atomic E-state index is 11.5. The number of aliphatic carboxylic acids is 1. The maximum absolute atomic E-state index is 11.5. The molecule has 1 aliphatic rings. The van der Waals surface area contributed by atoms with Gasteiger partial charge in [-0.3, -0.25) is 9.59 Å². The fourth-order valence-electron chi connectivity index (χ4n) is 1.54. The Hall–Kier alpha value is -1.14. The summed E-state index contributed by atoms with van der Waals surface area (Å²) in [5.74, 6) is -1.22. The van der Waals surface area contributed by atoms with E-state index in [-0.39, 0.29) is 25.0 Å².